The summed E-state index contributed by atoms with van der Waals surface area (Å²) in [5, 5.41) is 3.65. The van der Waals surface area contributed by atoms with Crippen molar-refractivity contribution >= 4 is 40.8 Å². The van der Waals surface area contributed by atoms with Crippen LogP contribution in [0, 0.1) is 0 Å². The smallest absolute Gasteiger partial charge is 0.332 e. The summed E-state index contributed by atoms with van der Waals surface area (Å²) in [5.41, 5.74) is -0.152. The number of aromatic nitrogens is 1. The van der Waals surface area contributed by atoms with Gasteiger partial charge in [-0.15, -0.1) is 0 Å². The SMILES string of the molecule is O=C1/C=C/C(=O)O[C@]23CN(c4cnc(Cl)c(Cl)c4)[C@H]2CNC3O1. The summed E-state index contributed by atoms with van der Waals surface area (Å²) in [6.07, 6.45) is 3.06. The topological polar surface area (TPSA) is 80.8 Å². The number of nitrogens with one attached hydrogen (secondary N) is 1. The molecule has 4 rings (SSSR count). The Balaban J connectivity index is 1.64. The molecule has 0 amide bonds. The molecule has 0 aromatic carbocycles. The number of esters is 2. The standard InChI is InChI=1S/C14H11Cl2N3O4/c15-8-3-7(4-17-12(8)16)19-6-14-9(19)5-18-13(14)22-10(20)1-2-11(21)23-14/h1-4,9,13,18H,5-6H2/b2-1+/t9-,13?,14+/m0/s1. The molecule has 2 saturated heterocycles. The Morgan fingerprint density at radius 3 is 2.87 bits per heavy atom. The zero-order chi connectivity index (χ0) is 16.2. The van der Waals surface area contributed by atoms with Gasteiger partial charge in [-0.05, 0) is 6.07 Å². The Kier molecular flexibility index (Phi) is 3.26. The molecule has 3 aliphatic heterocycles. The van der Waals surface area contributed by atoms with Gasteiger partial charge in [0.05, 0.1) is 29.5 Å². The summed E-state index contributed by atoms with van der Waals surface area (Å²) in [6, 6.07) is 1.52. The molecule has 0 radical (unpaired) electrons. The van der Waals surface area contributed by atoms with Crippen LogP contribution in [-0.4, -0.2) is 47.9 Å². The van der Waals surface area contributed by atoms with Gasteiger partial charge in [-0.3, -0.25) is 5.32 Å². The van der Waals surface area contributed by atoms with Gasteiger partial charge in [0.15, 0.2) is 6.23 Å². The normalized spacial score (nSPS) is 33.6. The molecule has 1 spiro atoms. The molecule has 1 aromatic heterocycles. The fraction of sp³-hybridized carbons (Fsp3) is 0.357. The Bertz CT molecular complexity index is 741. The van der Waals surface area contributed by atoms with Crippen molar-refractivity contribution in [3.63, 3.8) is 0 Å². The Morgan fingerprint density at radius 1 is 1.30 bits per heavy atom. The first-order valence-electron chi connectivity index (χ1n) is 6.92. The van der Waals surface area contributed by atoms with E-state index in [-0.39, 0.29) is 11.2 Å². The maximum atomic E-state index is 11.8. The monoisotopic (exact) mass is 355 g/mol. The molecule has 1 aromatic rings. The number of hydrogen-bond donors (Lipinski definition) is 1. The molecule has 1 unspecified atom stereocenters. The Hall–Kier alpha value is -1.83. The average molecular weight is 356 g/mol. The highest BCUT2D eigenvalue weighted by atomic mass is 35.5. The van der Waals surface area contributed by atoms with Crippen LogP contribution in [0.25, 0.3) is 0 Å². The van der Waals surface area contributed by atoms with E-state index in [1.807, 2.05) is 4.90 Å². The lowest BCUT2D eigenvalue weighted by molar-refractivity contribution is -0.188. The maximum Gasteiger partial charge on any atom is 0.332 e. The lowest BCUT2D eigenvalue weighted by Crippen LogP contribution is -2.74. The predicted octanol–water partition coefficient (Wildman–Crippen LogP) is 0.901. The molecule has 3 atom stereocenters. The number of pyridine rings is 1. The molecule has 0 aliphatic carbocycles. The average Bonchev–Trinajstić information content (AvgIpc) is 2.73. The van der Waals surface area contributed by atoms with Crippen molar-refractivity contribution in [2.24, 2.45) is 0 Å². The van der Waals surface area contributed by atoms with Crippen LogP contribution in [0.5, 0.6) is 0 Å². The molecule has 120 valence electrons. The molecule has 4 heterocycles. The molecule has 7 nitrogen and oxygen atoms in total. The summed E-state index contributed by atoms with van der Waals surface area (Å²) in [6.45, 7) is 0.854. The van der Waals surface area contributed by atoms with E-state index in [9.17, 15) is 9.59 Å². The molecule has 0 saturated carbocycles. The van der Waals surface area contributed by atoms with Crippen molar-refractivity contribution in [2.45, 2.75) is 17.9 Å². The summed E-state index contributed by atoms with van der Waals surface area (Å²) in [4.78, 5) is 29.5. The third-order valence-corrected chi connectivity index (χ3v) is 4.98. The van der Waals surface area contributed by atoms with E-state index in [1.165, 1.54) is 0 Å². The van der Waals surface area contributed by atoms with Crippen LogP contribution in [0.15, 0.2) is 24.4 Å². The van der Waals surface area contributed by atoms with Gasteiger partial charge < -0.3 is 14.4 Å². The minimum Gasteiger partial charge on any atom is -0.446 e. The van der Waals surface area contributed by atoms with E-state index in [0.717, 1.165) is 17.8 Å². The largest absolute Gasteiger partial charge is 0.446 e. The molecule has 2 fully saturated rings. The van der Waals surface area contributed by atoms with E-state index in [2.05, 4.69) is 10.3 Å². The zero-order valence-electron chi connectivity index (χ0n) is 11.7. The number of nitrogens with zero attached hydrogens (tertiary/aromatic N) is 2. The highest BCUT2D eigenvalue weighted by Crippen LogP contribution is 2.44. The van der Waals surface area contributed by atoms with E-state index in [4.69, 9.17) is 32.7 Å². The predicted molar refractivity (Wildman–Crippen MR) is 81.2 cm³/mol. The third-order valence-electron chi connectivity index (χ3n) is 4.29. The van der Waals surface area contributed by atoms with Crippen molar-refractivity contribution in [3.05, 3.63) is 34.6 Å². The summed E-state index contributed by atoms with van der Waals surface area (Å²) in [7, 11) is 0. The van der Waals surface area contributed by atoms with Crippen molar-refractivity contribution in [1.82, 2.24) is 10.3 Å². The van der Waals surface area contributed by atoms with Crippen LogP contribution in [0.3, 0.4) is 0 Å². The number of carbonyl (C=O) groups is 2. The van der Waals surface area contributed by atoms with E-state index in [0.29, 0.717) is 18.1 Å². The first-order chi connectivity index (χ1) is 11.0. The number of halogens is 2. The van der Waals surface area contributed by atoms with Gasteiger partial charge in [-0.1, -0.05) is 23.2 Å². The Morgan fingerprint density at radius 2 is 2.09 bits per heavy atom. The summed E-state index contributed by atoms with van der Waals surface area (Å²) >= 11 is 11.8. The lowest BCUT2D eigenvalue weighted by Gasteiger charge is -2.54. The Labute approximate surface area is 141 Å². The van der Waals surface area contributed by atoms with E-state index < -0.39 is 23.8 Å². The lowest BCUT2D eigenvalue weighted by atomic mass is 9.84. The van der Waals surface area contributed by atoms with Gasteiger partial charge in [0.2, 0.25) is 5.60 Å². The number of ether oxygens (including phenoxy) is 2. The first kappa shape index (κ1) is 14.7. The van der Waals surface area contributed by atoms with Crippen molar-refractivity contribution in [1.29, 1.82) is 0 Å². The molecular formula is C14H11Cl2N3O4. The van der Waals surface area contributed by atoms with Gasteiger partial charge in [0, 0.05) is 18.7 Å². The van der Waals surface area contributed by atoms with Gasteiger partial charge in [0.1, 0.15) is 5.15 Å². The third kappa shape index (κ3) is 2.19. The molecule has 1 N–H and O–H groups in total. The number of carbonyl (C=O) groups excluding carboxylic acids is 2. The van der Waals surface area contributed by atoms with E-state index in [1.54, 1.807) is 12.3 Å². The second-order valence-corrected chi connectivity index (χ2v) is 6.31. The van der Waals surface area contributed by atoms with Gasteiger partial charge >= 0.3 is 11.9 Å². The van der Waals surface area contributed by atoms with Crippen LogP contribution in [-0.2, 0) is 19.1 Å². The summed E-state index contributed by atoms with van der Waals surface area (Å²) < 4.78 is 10.9. The fourth-order valence-corrected chi connectivity index (χ4v) is 3.48. The maximum absolute atomic E-state index is 11.8. The number of anilines is 1. The second kappa shape index (κ2) is 5.09. The zero-order valence-corrected chi connectivity index (χ0v) is 13.2. The molecular weight excluding hydrogens is 345 g/mol. The molecule has 3 aliphatic rings. The number of rotatable bonds is 1. The first-order valence-corrected chi connectivity index (χ1v) is 7.68. The minimum absolute atomic E-state index is 0.185. The molecule has 9 heteroatoms. The highest BCUT2D eigenvalue weighted by Gasteiger charge is 2.66. The molecule has 0 bridgehead atoms. The van der Waals surface area contributed by atoms with Gasteiger partial charge in [-0.2, -0.15) is 0 Å². The van der Waals surface area contributed by atoms with Crippen LogP contribution in [0.4, 0.5) is 5.69 Å². The minimum atomic E-state index is -0.913. The van der Waals surface area contributed by atoms with Gasteiger partial charge in [-0.25, -0.2) is 14.6 Å². The van der Waals surface area contributed by atoms with Crippen molar-refractivity contribution in [2.75, 3.05) is 18.0 Å². The second-order valence-electron chi connectivity index (χ2n) is 5.54. The van der Waals surface area contributed by atoms with Crippen LogP contribution < -0.4 is 10.2 Å². The summed E-state index contributed by atoms with van der Waals surface area (Å²) in [5.74, 6) is -1.14. The van der Waals surface area contributed by atoms with Crippen molar-refractivity contribution in [3.8, 4) is 0 Å². The van der Waals surface area contributed by atoms with Crippen LogP contribution in [0.1, 0.15) is 0 Å². The van der Waals surface area contributed by atoms with Gasteiger partial charge in [0.25, 0.3) is 0 Å². The highest BCUT2D eigenvalue weighted by molar-refractivity contribution is 6.41. The van der Waals surface area contributed by atoms with Crippen LogP contribution >= 0.6 is 23.2 Å². The van der Waals surface area contributed by atoms with Crippen molar-refractivity contribution < 1.29 is 19.1 Å². The number of hydrogen-bond acceptors (Lipinski definition) is 7. The fourth-order valence-electron chi connectivity index (χ4n) is 3.21. The quantitative estimate of drug-likeness (QED) is 0.592. The molecule has 23 heavy (non-hydrogen) atoms. The van der Waals surface area contributed by atoms with Crippen LogP contribution in [0.2, 0.25) is 10.2 Å². The van der Waals surface area contributed by atoms with E-state index >= 15 is 0 Å².